The van der Waals surface area contributed by atoms with Gasteiger partial charge in [-0.05, 0) is 18.9 Å². The van der Waals surface area contributed by atoms with Crippen molar-refractivity contribution in [1.82, 2.24) is 14.8 Å². The van der Waals surface area contributed by atoms with E-state index in [9.17, 15) is 14.0 Å². The van der Waals surface area contributed by atoms with Crippen molar-refractivity contribution in [3.05, 3.63) is 29.8 Å². The van der Waals surface area contributed by atoms with Gasteiger partial charge in [0, 0.05) is 26.8 Å². The van der Waals surface area contributed by atoms with Gasteiger partial charge < -0.3 is 9.80 Å². The molecule has 102 valence electrons. The number of rotatable bonds is 2. The standard InChI is InChI=1S/C13H16FN3O2/c1-16(2)13(19)11-4-3-7-17(11)12(18)9-5-6-15-8-10(9)14/h5-6,8,11H,3-4,7H2,1-2H3. The fourth-order valence-electron chi connectivity index (χ4n) is 2.27. The van der Waals surface area contributed by atoms with E-state index >= 15 is 0 Å². The third kappa shape index (κ3) is 2.57. The molecular formula is C13H16FN3O2. The predicted molar refractivity (Wildman–Crippen MR) is 66.9 cm³/mol. The summed E-state index contributed by atoms with van der Waals surface area (Å²) in [5.41, 5.74) is -0.0338. The van der Waals surface area contributed by atoms with E-state index < -0.39 is 17.8 Å². The molecule has 1 saturated heterocycles. The minimum Gasteiger partial charge on any atom is -0.347 e. The molecule has 0 N–H and O–H groups in total. The molecule has 1 aromatic rings. The molecule has 0 spiro atoms. The Bertz CT molecular complexity index is 504. The van der Waals surface area contributed by atoms with Crippen LogP contribution in [0, 0.1) is 5.82 Å². The highest BCUT2D eigenvalue weighted by atomic mass is 19.1. The second-order valence-electron chi connectivity index (χ2n) is 4.74. The van der Waals surface area contributed by atoms with Gasteiger partial charge in [-0.2, -0.15) is 0 Å². The molecular weight excluding hydrogens is 249 g/mol. The highest BCUT2D eigenvalue weighted by molar-refractivity contribution is 5.98. The van der Waals surface area contributed by atoms with Crippen LogP contribution in [0.1, 0.15) is 23.2 Å². The Kier molecular flexibility index (Phi) is 3.78. The molecule has 1 aliphatic rings. The summed E-state index contributed by atoms with van der Waals surface area (Å²) >= 11 is 0. The molecule has 0 aliphatic carbocycles. The van der Waals surface area contributed by atoms with Gasteiger partial charge in [0.25, 0.3) is 5.91 Å². The minimum atomic E-state index is -0.657. The maximum absolute atomic E-state index is 13.6. The van der Waals surface area contributed by atoms with E-state index in [1.54, 1.807) is 14.1 Å². The zero-order valence-corrected chi connectivity index (χ0v) is 11.0. The van der Waals surface area contributed by atoms with Crippen molar-refractivity contribution in [1.29, 1.82) is 0 Å². The second kappa shape index (κ2) is 5.34. The van der Waals surface area contributed by atoms with Gasteiger partial charge in [-0.3, -0.25) is 14.6 Å². The van der Waals surface area contributed by atoms with Crippen LogP contribution in [0.5, 0.6) is 0 Å². The average molecular weight is 265 g/mol. The van der Waals surface area contributed by atoms with Gasteiger partial charge in [-0.1, -0.05) is 0 Å². The lowest BCUT2D eigenvalue weighted by molar-refractivity contribution is -0.132. The third-order valence-electron chi connectivity index (χ3n) is 3.24. The van der Waals surface area contributed by atoms with E-state index in [1.807, 2.05) is 0 Å². The molecule has 19 heavy (non-hydrogen) atoms. The molecule has 0 aromatic carbocycles. The molecule has 6 heteroatoms. The summed E-state index contributed by atoms with van der Waals surface area (Å²) in [5.74, 6) is -1.23. The fraction of sp³-hybridized carbons (Fsp3) is 0.462. The first kappa shape index (κ1) is 13.5. The topological polar surface area (TPSA) is 53.5 Å². The Morgan fingerprint density at radius 2 is 2.21 bits per heavy atom. The van der Waals surface area contributed by atoms with Crippen molar-refractivity contribution in [2.24, 2.45) is 0 Å². The van der Waals surface area contributed by atoms with Crippen LogP contribution in [-0.2, 0) is 4.79 Å². The Morgan fingerprint density at radius 3 is 2.84 bits per heavy atom. The smallest absolute Gasteiger partial charge is 0.257 e. The third-order valence-corrected chi connectivity index (χ3v) is 3.24. The summed E-state index contributed by atoms with van der Waals surface area (Å²) in [6, 6.07) is 0.850. The van der Waals surface area contributed by atoms with Crippen LogP contribution in [0.2, 0.25) is 0 Å². The van der Waals surface area contributed by atoms with Crippen LogP contribution < -0.4 is 0 Å². The first-order chi connectivity index (χ1) is 9.02. The average Bonchev–Trinajstić information content (AvgIpc) is 2.86. The van der Waals surface area contributed by atoms with Crippen LogP contribution in [0.3, 0.4) is 0 Å². The first-order valence-corrected chi connectivity index (χ1v) is 6.14. The van der Waals surface area contributed by atoms with Crippen LogP contribution in [-0.4, -0.2) is 53.3 Å². The van der Waals surface area contributed by atoms with Crippen molar-refractivity contribution in [3.63, 3.8) is 0 Å². The monoisotopic (exact) mass is 265 g/mol. The summed E-state index contributed by atoms with van der Waals surface area (Å²) in [4.78, 5) is 30.8. The lowest BCUT2D eigenvalue weighted by atomic mass is 10.1. The zero-order chi connectivity index (χ0) is 14.0. The summed E-state index contributed by atoms with van der Waals surface area (Å²) in [5, 5.41) is 0. The highest BCUT2D eigenvalue weighted by Gasteiger charge is 2.36. The molecule has 2 heterocycles. The molecule has 2 rings (SSSR count). The Labute approximate surface area is 111 Å². The number of aromatic nitrogens is 1. The molecule has 0 bridgehead atoms. The quantitative estimate of drug-likeness (QED) is 0.798. The van der Waals surface area contributed by atoms with Crippen molar-refractivity contribution in [2.75, 3.05) is 20.6 Å². The van der Waals surface area contributed by atoms with E-state index in [1.165, 1.54) is 22.1 Å². The van der Waals surface area contributed by atoms with E-state index in [4.69, 9.17) is 0 Å². The van der Waals surface area contributed by atoms with E-state index in [0.29, 0.717) is 13.0 Å². The van der Waals surface area contributed by atoms with Crippen LogP contribution in [0.15, 0.2) is 18.5 Å². The van der Waals surface area contributed by atoms with Crippen LogP contribution in [0.25, 0.3) is 0 Å². The van der Waals surface area contributed by atoms with Crippen molar-refractivity contribution >= 4 is 11.8 Å². The SMILES string of the molecule is CN(C)C(=O)C1CCCN1C(=O)c1ccncc1F. The normalized spacial score (nSPS) is 18.5. The number of pyridine rings is 1. The highest BCUT2D eigenvalue weighted by Crippen LogP contribution is 2.22. The van der Waals surface area contributed by atoms with Crippen molar-refractivity contribution in [3.8, 4) is 0 Å². The summed E-state index contributed by atoms with van der Waals surface area (Å²) in [7, 11) is 3.30. The Balaban J connectivity index is 2.24. The molecule has 0 radical (unpaired) electrons. The van der Waals surface area contributed by atoms with Gasteiger partial charge >= 0.3 is 0 Å². The summed E-state index contributed by atoms with van der Waals surface area (Å²) < 4.78 is 13.6. The van der Waals surface area contributed by atoms with Crippen LogP contribution in [0.4, 0.5) is 4.39 Å². The van der Waals surface area contributed by atoms with Gasteiger partial charge in [0.2, 0.25) is 5.91 Å². The largest absolute Gasteiger partial charge is 0.347 e. The summed E-state index contributed by atoms with van der Waals surface area (Å²) in [6.07, 6.45) is 3.75. The fourth-order valence-corrected chi connectivity index (χ4v) is 2.27. The lowest BCUT2D eigenvalue weighted by Crippen LogP contribution is -2.45. The molecule has 5 nitrogen and oxygen atoms in total. The number of amides is 2. The van der Waals surface area contributed by atoms with Gasteiger partial charge in [0.1, 0.15) is 6.04 Å². The number of likely N-dealkylation sites (N-methyl/N-ethyl adjacent to an activating group) is 1. The molecule has 0 saturated carbocycles. The van der Waals surface area contributed by atoms with Crippen LogP contribution >= 0.6 is 0 Å². The molecule has 1 atom stereocenters. The molecule has 1 aromatic heterocycles. The molecule has 2 amide bonds. The lowest BCUT2D eigenvalue weighted by Gasteiger charge is -2.26. The predicted octanol–water partition coefficient (Wildman–Crippen LogP) is 0.913. The number of hydrogen-bond acceptors (Lipinski definition) is 3. The van der Waals surface area contributed by atoms with Gasteiger partial charge in [0.15, 0.2) is 5.82 Å². The minimum absolute atomic E-state index is 0.0338. The van der Waals surface area contributed by atoms with E-state index in [2.05, 4.69) is 4.98 Å². The first-order valence-electron chi connectivity index (χ1n) is 6.14. The number of hydrogen-bond donors (Lipinski definition) is 0. The van der Waals surface area contributed by atoms with Crippen molar-refractivity contribution < 1.29 is 14.0 Å². The zero-order valence-electron chi connectivity index (χ0n) is 11.0. The number of carbonyl (C=O) groups is 2. The van der Waals surface area contributed by atoms with Gasteiger partial charge in [0.05, 0.1) is 11.8 Å². The molecule has 1 unspecified atom stereocenters. The number of likely N-dealkylation sites (tertiary alicyclic amines) is 1. The summed E-state index contributed by atoms with van der Waals surface area (Å²) in [6.45, 7) is 0.477. The van der Waals surface area contributed by atoms with Gasteiger partial charge in [-0.25, -0.2) is 4.39 Å². The maximum Gasteiger partial charge on any atom is 0.257 e. The Hall–Kier alpha value is -1.98. The van der Waals surface area contributed by atoms with Crippen molar-refractivity contribution in [2.45, 2.75) is 18.9 Å². The Morgan fingerprint density at radius 1 is 1.47 bits per heavy atom. The number of halogens is 1. The van der Waals surface area contributed by atoms with Gasteiger partial charge in [-0.15, -0.1) is 0 Å². The molecule has 1 aliphatic heterocycles. The number of nitrogens with zero attached hydrogens (tertiary/aromatic N) is 3. The van der Waals surface area contributed by atoms with E-state index in [-0.39, 0.29) is 11.5 Å². The number of carbonyl (C=O) groups excluding carboxylic acids is 2. The maximum atomic E-state index is 13.6. The van der Waals surface area contributed by atoms with E-state index in [0.717, 1.165) is 12.6 Å². The molecule has 1 fully saturated rings. The second-order valence-corrected chi connectivity index (χ2v) is 4.74.